The van der Waals surface area contributed by atoms with E-state index in [0.717, 1.165) is 24.7 Å². The molecule has 17 heavy (non-hydrogen) atoms. The first-order valence-corrected chi connectivity index (χ1v) is 7.71. The summed E-state index contributed by atoms with van der Waals surface area (Å²) in [4.78, 5) is 0. The van der Waals surface area contributed by atoms with E-state index in [-0.39, 0.29) is 0 Å². The minimum Gasteiger partial charge on any atom is -0.198 e. The summed E-state index contributed by atoms with van der Waals surface area (Å²) in [5, 5.41) is 8.94. The summed E-state index contributed by atoms with van der Waals surface area (Å²) in [6, 6.07) is 2.45. The van der Waals surface area contributed by atoms with Crippen molar-refractivity contribution >= 4 is 0 Å². The molecule has 1 rings (SSSR count). The zero-order valence-corrected chi connectivity index (χ0v) is 11.8. The fourth-order valence-corrected chi connectivity index (χ4v) is 3.36. The largest absolute Gasteiger partial charge is 0.198 e. The molecule has 0 aromatic rings. The molecular formula is C16H29N. The Morgan fingerprint density at radius 2 is 1.71 bits per heavy atom. The SMILES string of the molecule is CCCCCC(CCC)C1CCC(C#N)CC1. The second-order valence-electron chi connectivity index (χ2n) is 5.79. The summed E-state index contributed by atoms with van der Waals surface area (Å²) in [5.41, 5.74) is 0. The van der Waals surface area contributed by atoms with Gasteiger partial charge in [-0.1, -0.05) is 52.4 Å². The van der Waals surface area contributed by atoms with Gasteiger partial charge in [0.25, 0.3) is 0 Å². The molecule has 0 amide bonds. The second kappa shape index (κ2) is 8.56. The van der Waals surface area contributed by atoms with Crippen molar-refractivity contribution in [2.75, 3.05) is 0 Å². The Balaban J connectivity index is 2.34. The molecule has 1 atom stereocenters. The van der Waals surface area contributed by atoms with Crippen molar-refractivity contribution in [1.29, 1.82) is 5.26 Å². The van der Waals surface area contributed by atoms with Gasteiger partial charge in [-0.2, -0.15) is 5.26 Å². The fourth-order valence-electron chi connectivity index (χ4n) is 3.36. The van der Waals surface area contributed by atoms with Gasteiger partial charge in [-0.25, -0.2) is 0 Å². The normalized spacial score (nSPS) is 26.4. The van der Waals surface area contributed by atoms with Crippen LogP contribution in [0.3, 0.4) is 0 Å². The van der Waals surface area contributed by atoms with Crippen LogP contribution in [-0.4, -0.2) is 0 Å². The van der Waals surface area contributed by atoms with Crippen LogP contribution in [0.4, 0.5) is 0 Å². The summed E-state index contributed by atoms with van der Waals surface area (Å²) < 4.78 is 0. The predicted octanol–water partition coefficient (Wildman–Crippen LogP) is 5.31. The molecule has 1 nitrogen and oxygen atoms in total. The summed E-state index contributed by atoms with van der Waals surface area (Å²) in [6.45, 7) is 4.60. The first kappa shape index (κ1) is 14.6. The zero-order valence-electron chi connectivity index (χ0n) is 11.8. The van der Waals surface area contributed by atoms with Crippen LogP contribution >= 0.6 is 0 Å². The average molecular weight is 235 g/mol. The topological polar surface area (TPSA) is 23.8 Å². The Bertz CT molecular complexity index is 220. The van der Waals surface area contributed by atoms with Crippen LogP contribution in [0, 0.1) is 29.1 Å². The van der Waals surface area contributed by atoms with E-state index in [2.05, 4.69) is 19.9 Å². The molecule has 0 aromatic heterocycles. The van der Waals surface area contributed by atoms with Crippen molar-refractivity contribution < 1.29 is 0 Å². The summed E-state index contributed by atoms with van der Waals surface area (Å²) in [5.74, 6) is 2.24. The first-order chi connectivity index (χ1) is 8.31. The molecule has 0 heterocycles. The highest BCUT2D eigenvalue weighted by molar-refractivity contribution is 4.88. The Labute approximate surface area is 108 Å². The smallest absolute Gasteiger partial charge is 0.0655 e. The predicted molar refractivity (Wildman–Crippen MR) is 73.6 cm³/mol. The van der Waals surface area contributed by atoms with E-state index in [9.17, 15) is 0 Å². The highest BCUT2D eigenvalue weighted by Crippen LogP contribution is 2.37. The third-order valence-corrected chi connectivity index (χ3v) is 4.46. The summed E-state index contributed by atoms with van der Waals surface area (Å²) >= 11 is 0. The minimum absolute atomic E-state index is 0.365. The quantitative estimate of drug-likeness (QED) is 0.548. The van der Waals surface area contributed by atoms with Gasteiger partial charge in [0.15, 0.2) is 0 Å². The van der Waals surface area contributed by atoms with E-state index in [1.807, 2.05) is 0 Å². The lowest BCUT2D eigenvalue weighted by atomic mass is 9.73. The van der Waals surface area contributed by atoms with Crippen LogP contribution in [-0.2, 0) is 0 Å². The monoisotopic (exact) mass is 235 g/mol. The van der Waals surface area contributed by atoms with Gasteiger partial charge < -0.3 is 0 Å². The molecule has 1 aliphatic rings. The molecule has 1 heteroatoms. The highest BCUT2D eigenvalue weighted by atomic mass is 14.3. The minimum atomic E-state index is 0.365. The number of unbranched alkanes of at least 4 members (excludes halogenated alkanes) is 2. The first-order valence-electron chi connectivity index (χ1n) is 7.71. The molecule has 0 aromatic carbocycles. The second-order valence-corrected chi connectivity index (χ2v) is 5.79. The Morgan fingerprint density at radius 3 is 2.24 bits per heavy atom. The van der Waals surface area contributed by atoms with E-state index in [0.29, 0.717) is 5.92 Å². The number of nitrogens with zero attached hydrogens (tertiary/aromatic N) is 1. The van der Waals surface area contributed by atoms with Crippen LogP contribution in [0.25, 0.3) is 0 Å². The molecule has 1 fully saturated rings. The molecule has 0 radical (unpaired) electrons. The van der Waals surface area contributed by atoms with Crippen molar-refractivity contribution in [2.45, 2.75) is 78.1 Å². The van der Waals surface area contributed by atoms with Crippen LogP contribution in [0.1, 0.15) is 78.1 Å². The van der Waals surface area contributed by atoms with E-state index >= 15 is 0 Å². The number of hydrogen-bond acceptors (Lipinski definition) is 1. The van der Waals surface area contributed by atoms with Crippen LogP contribution in [0.2, 0.25) is 0 Å². The third kappa shape index (κ3) is 5.11. The molecule has 1 aliphatic carbocycles. The molecule has 0 aliphatic heterocycles. The van der Waals surface area contributed by atoms with Gasteiger partial charge in [-0.15, -0.1) is 0 Å². The Morgan fingerprint density at radius 1 is 1.00 bits per heavy atom. The van der Waals surface area contributed by atoms with Crippen molar-refractivity contribution in [1.82, 2.24) is 0 Å². The average Bonchev–Trinajstić information content (AvgIpc) is 2.38. The maximum atomic E-state index is 8.94. The van der Waals surface area contributed by atoms with Gasteiger partial charge in [0.2, 0.25) is 0 Å². The van der Waals surface area contributed by atoms with Gasteiger partial charge in [0.05, 0.1) is 6.07 Å². The van der Waals surface area contributed by atoms with E-state index in [4.69, 9.17) is 5.26 Å². The Hall–Kier alpha value is -0.510. The highest BCUT2D eigenvalue weighted by Gasteiger charge is 2.26. The van der Waals surface area contributed by atoms with Gasteiger partial charge in [0, 0.05) is 5.92 Å². The fraction of sp³-hybridized carbons (Fsp3) is 0.938. The van der Waals surface area contributed by atoms with Crippen molar-refractivity contribution in [2.24, 2.45) is 17.8 Å². The maximum absolute atomic E-state index is 8.94. The van der Waals surface area contributed by atoms with E-state index < -0.39 is 0 Å². The van der Waals surface area contributed by atoms with Gasteiger partial charge in [-0.05, 0) is 37.5 Å². The van der Waals surface area contributed by atoms with E-state index in [1.54, 1.807) is 0 Å². The molecule has 0 N–H and O–H groups in total. The van der Waals surface area contributed by atoms with Crippen molar-refractivity contribution in [3.63, 3.8) is 0 Å². The summed E-state index contributed by atoms with van der Waals surface area (Å²) in [6.07, 6.45) is 13.3. The molecule has 0 saturated heterocycles. The molecule has 1 unspecified atom stereocenters. The van der Waals surface area contributed by atoms with Crippen LogP contribution in [0.15, 0.2) is 0 Å². The zero-order chi connectivity index (χ0) is 12.5. The van der Waals surface area contributed by atoms with E-state index in [1.165, 1.54) is 51.4 Å². The van der Waals surface area contributed by atoms with Gasteiger partial charge >= 0.3 is 0 Å². The number of rotatable bonds is 7. The molecule has 1 saturated carbocycles. The van der Waals surface area contributed by atoms with Gasteiger partial charge in [-0.3, -0.25) is 0 Å². The lowest BCUT2D eigenvalue weighted by Gasteiger charge is -2.32. The summed E-state index contributed by atoms with van der Waals surface area (Å²) in [7, 11) is 0. The van der Waals surface area contributed by atoms with Crippen molar-refractivity contribution in [3.05, 3.63) is 0 Å². The lowest BCUT2D eigenvalue weighted by Crippen LogP contribution is -2.21. The van der Waals surface area contributed by atoms with Crippen LogP contribution < -0.4 is 0 Å². The van der Waals surface area contributed by atoms with Crippen molar-refractivity contribution in [3.8, 4) is 6.07 Å². The standard InChI is InChI=1S/C16H29N/c1-3-5-6-8-15(7-4-2)16-11-9-14(13-17)10-12-16/h14-16H,3-12H2,1-2H3. The Kier molecular flexibility index (Phi) is 7.33. The van der Waals surface area contributed by atoms with Gasteiger partial charge in [0.1, 0.15) is 0 Å². The molecule has 0 bridgehead atoms. The number of nitriles is 1. The molecular weight excluding hydrogens is 206 g/mol. The maximum Gasteiger partial charge on any atom is 0.0655 e. The lowest BCUT2D eigenvalue weighted by molar-refractivity contribution is 0.201. The molecule has 0 spiro atoms. The van der Waals surface area contributed by atoms with Crippen LogP contribution in [0.5, 0.6) is 0 Å². The number of hydrogen-bond donors (Lipinski definition) is 0. The third-order valence-electron chi connectivity index (χ3n) is 4.46. The molecule has 98 valence electrons.